The number of rotatable bonds is 4. The van der Waals surface area contributed by atoms with Crippen molar-refractivity contribution < 1.29 is 9.53 Å². The molecule has 2 bridgehead atoms. The van der Waals surface area contributed by atoms with Gasteiger partial charge in [-0.1, -0.05) is 0 Å². The van der Waals surface area contributed by atoms with E-state index in [4.69, 9.17) is 10.5 Å². The van der Waals surface area contributed by atoms with E-state index in [9.17, 15) is 4.79 Å². The van der Waals surface area contributed by atoms with Gasteiger partial charge in [0.05, 0.1) is 5.92 Å². The summed E-state index contributed by atoms with van der Waals surface area (Å²) in [5.41, 5.74) is 6.28. The van der Waals surface area contributed by atoms with Crippen molar-refractivity contribution in [2.24, 2.45) is 29.4 Å². The van der Waals surface area contributed by atoms with Crippen molar-refractivity contribution >= 4 is 5.91 Å². The first kappa shape index (κ1) is 14.3. The van der Waals surface area contributed by atoms with Gasteiger partial charge in [-0.2, -0.15) is 0 Å². The minimum atomic E-state index is 0.105. The van der Waals surface area contributed by atoms with E-state index in [2.05, 4.69) is 0 Å². The van der Waals surface area contributed by atoms with Gasteiger partial charge in [0.15, 0.2) is 0 Å². The number of amides is 1. The maximum Gasteiger partial charge on any atom is 0.227 e. The summed E-state index contributed by atoms with van der Waals surface area (Å²) in [4.78, 5) is 14.6. The molecule has 2 N–H and O–H groups in total. The molecule has 1 aliphatic heterocycles. The van der Waals surface area contributed by atoms with Gasteiger partial charge >= 0.3 is 0 Å². The van der Waals surface area contributed by atoms with Crippen molar-refractivity contribution in [3.63, 3.8) is 0 Å². The van der Waals surface area contributed by atoms with E-state index in [0.29, 0.717) is 17.7 Å². The second-order valence-electron chi connectivity index (χ2n) is 7.04. The highest BCUT2D eigenvalue weighted by Gasteiger charge is 2.49. The van der Waals surface area contributed by atoms with Gasteiger partial charge in [0, 0.05) is 32.8 Å². The molecule has 0 radical (unpaired) electrons. The highest BCUT2D eigenvalue weighted by molar-refractivity contribution is 5.80. The molecule has 3 rings (SSSR count). The molecule has 3 fully saturated rings. The number of carbonyl (C=O) groups is 1. The largest absolute Gasteiger partial charge is 0.381 e. The van der Waals surface area contributed by atoms with Crippen molar-refractivity contribution in [1.29, 1.82) is 0 Å². The van der Waals surface area contributed by atoms with E-state index in [1.807, 2.05) is 11.9 Å². The number of ether oxygens (including phenoxy) is 1. The summed E-state index contributed by atoms with van der Waals surface area (Å²) in [6.45, 7) is 2.66. The van der Waals surface area contributed by atoms with Gasteiger partial charge in [-0.3, -0.25) is 4.79 Å². The number of nitrogens with zero attached hydrogens (tertiary/aromatic N) is 1. The van der Waals surface area contributed by atoms with E-state index in [-0.39, 0.29) is 12.0 Å². The van der Waals surface area contributed by atoms with Crippen molar-refractivity contribution in [2.45, 2.75) is 44.6 Å². The number of hydrogen-bond donors (Lipinski definition) is 1. The zero-order chi connectivity index (χ0) is 14.1. The Morgan fingerprint density at radius 2 is 1.90 bits per heavy atom. The maximum absolute atomic E-state index is 12.6. The van der Waals surface area contributed by atoms with Gasteiger partial charge in [0.2, 0.25) is 5.91 Å². The fourth-order valence-corrected chi connectivity index (χ4v) is 4.48. The van der Waals surface area contributed by atoms with Crippen LogP contribution in [0, 0.1) is 23.7 Å². The Balaban J connectivity index is 1.49. The first-order valence-electron chi connectivity index (χ1n) is 8.25. The zero-order valence-electron chi connectivity index (χ0n) is 12.6. The van der Waals surface area contributed by atoms with Crippen LogP contribution in [0.3, 0.4) is 0 Å². The summed E-state index contributed by atoms with van der Waals surface area (Å²) in [6, 6.07) is 0.117. The van der Waals surface area contributed by atoms with Crippen molar-refractivity contribution in [3.05, 3.63) is 0 Å². The van der Waals surface area contributed by atoms with Gasteiger partial charge in [0.25, 0.3) is 0 Å². The van der Waals surface area contributed by atoms with Crippen LogP contribution in [0.2, 0.25) is 0 Å². The summed E-state index contributed by atoms with van der Waals surface area (Å²) in [7, 11) is 1.96. The average molecular weight is 280 g/mol. The molecule has 0 aromatic rings. The molecule has 4 unspecified atom stereocenters. The van der Waals surface area contributed by atoms with Crippen LogP contribution >= 0.6 is 0 Å². The molecule has 2 saturated carbocycles. The zero-order valence-corrected chi connectivity index (χ0v) is 12.6. The first-order valence-corrected chi connectivity index (χ1v) is 8.25. The van der Waals surface area contributed by atoms with Crippen LogP contribution < -0.4 is 5.73 Å². The average Bonchev–Trinajstić information content (AvgIpc) is 3.06. The molecule has 1 heterocycles. The molecule has 0 spiro atoms. The summed E-state index contributed by atoms with van der Waals surface area (Å²) in [5, 5.41) is 0. The monoisotopic (exact) mass is 280 g/mol. The molecule has 2 aliphatic carbocycles. The molecule has 0 aromatic heterocycles. The van der Waals surface area contributed by atoms with Gasteiger partial charge in [-0.25, -0.2) is 0 Å². The van der Waals surface area contributed by atoms with Crippen LogP contribution in [0.4, 0.5) is 0 Å². The molecular formula is C16H28N2O2. The lowest BCUT2D eigenvalue weighted by Gasteiger charge is -2.32. The minimum Gasteiger partial charge on any atom is -0.381 e. The highest BCUT2D eigenvalue weighted by Crippen LogP contribution is 2.48. The Morgan fingerprint density at radius 1 is 1.20 bits per heavy atom. The van der Waals surface area contributed by atoms with E-state index in [0.717, 1.165) is 44.9 Å². The number of carbonyl (C=O) groups excluding carboxylic acids is 1. The molecule has 3 aliphatic rings. The summed E-state index contributed by atoms with van der Waals surface area (Å²) in [6.07, 6.45) is 7.04. The summed E-state index contributed by atoms with van der Waals surface area (Å²) >= 11 is 0. The predicted molar refractivity (Wildman–Crippen MR) is 78.1 cm³/mol. The third kappa shape index (κ3) is 2.73. The quantitative estimate of drug-likeness (QED) is 0.851. The van der Waals surface area contributed by atoms with Crippen molar-refractivity contribution in [2.75, 3.05) is 26.8 Å². The number of hydrogen-bond acceptors (Lipinski definition) is 3. The van der Waals surface area contributed by atoms with E-state index >= 15 is 0 Å². The van der Waals surface area contributed by atoms with Crippen molar-refractivity contribution in [3.8, 4) is 0 Å². The van der Waals surface area contributed by atoms with E-state index in [1.54, 1.807) is 0 Å². The summed E-state index contributed by atoms with van der Waals surface area (Å²) in [5.74, 6) is 2.31. The molecule has 0 aromatic carbocycles. The fourth-order valence-electron chi connectivity index (χ4n) is 4.48. The normalized spacial score (nSPS) is 37.3. The Kier molecular flexibility index (Phi) is 4.32. The van der Waals surface area contributed by atoms with Gasteiger partial charge < -0.3 is 15.4 Å². The third-order valence-electron chi connectivity index (χ3n) is 5.86. The lowest BCUT2D eigenvalue weighted by Crippen LogP contribution is -2.46. The molecule has 20 heavy (non-hydrogen) atoms. The molecule has 4 heteroatoms. The van der Waals surface area contributed by atoms with Gasteiger partial charge in [0.1, 0.15) is 0 Å². The fraction of sp³-hybridized carbons (Fsp3) is 0.938. The van der Waals surface area contributed by atoms with Crippen LogP contribution in [0.25, 0.3) is 0 Å². The molecule has 1 saturated heterocycles. The summed E-state index contributed by atoms with van der Waals surface area (Å²) < 4.78 is 5.39. The smallest absolute Gasteiger partial charge is 0.227 e. The van der Waals surface area contributed by atoms with E-state index in [1.165, 1.54) is 19.3 Å². The maximum atomic E-state index is 12.6. The van der Waals surface area contributed by atoms with Crippen molar-refractivity contribution in [1.82, 2.24) is 4.90 Å². The Morgan fingerprint density at radius 3 is 2.55 bits per heavy atom. The SMILES string of the molecule is CN(CCC1CCOCC1)C(=O)C1C2CCC(C2)C1N. The predicted octanol–water partition coefficient (Wildman–Crippen LogP) is 1.63. The number of nitrogens with two attached hydrogens (primary N) is 1. The Labute approximate surface area is 122 Å². The molecule has 4 nitrogen and oxygen atoms in total. The second-order valence-corrected chi connectivity index (χ2v) is 7.04. The van der Waals surface area contributed by atoms with E-state index < -0.39 is 0 Å². The van der Waals surface area contributed by atoms with Crippen LogP contribution in [-0.2, 0) is 9.53 Å². The van der Waals surface area contributed by atoms with Crippen LogP contribution in [0.15, 0.2) is 0 Å². The standard InChI is InChI=1S/C16H28N2O2/c1-18(7-4-11-5-8-20-9-6-11)16(19)14-12-2-3-13(10-12)15(14)17/h11-15H,2-10,17H2,1H3. The lowest BCUT2D eigenvalue weighted by atomic mass is 9.84. The number of fused-ring (bicyclic) bond motifs is 2. The van der Waals surface area contributed by atoms with Crippen LogP contribution in [0.5, 0.6) is 0 Å². The second kappa shape index (κ2) is 6.02. The molecule has 1 amide bonds. The molecule has 4 atom stereocenters. The minimum absolute atomic E-state index is 0.105. The Hall–Kier alpha value is -0.610. The van der Waals surface area contributed by atoms with Crippen LogP contribution in [-0.4, -0.2) is 43.7 Å². The molecule has 114 valence electrons. The third-order valence-corrected chi connectivity index (χ3v) is 5.86. The molecular weight excluding hydrogens is 252 g/mol. The Bertz CT molecular complexity index is 352. The topological polar surface area (TPSA) is 55.6 Å². The van der Waals surface area contributed by atoms with Gasteiger partial charge in [-0.05, 0) is 56.3 Å². The van der Waals surface area contributed by atoms with Gasteiger partial charge in [-0.15, -0.1) is 0 Å². The first-order chi connectivity index (χ1) is 9.66. The van der Waals surface area contributed by atoms with Crippen LogP contribution in [0.1, 0.15) is 38.5 Å². The highest BCUT2D eigenvalue weighted by atomic mass is 16.5. The lowest BCUT2D eigenvalue weighted by molar-refractivity contribution is -0.136.